The van der Waals surface area contributed by atoms with Crippen LogP contribution in [0.15, 0.2) is 15.7 Å². The molecule has 1 heterocycles. The van der Waals surface area contributed by atoms with E-state index in [0.29, 0.717) is 12.1 Å². The van der Waals surface area contributed by atoms with E-state index in [9.17, 15) is 13.2 Å². The molecule has 4 nitrogen and oxygen atoms in total. The third-order valence-corrected chi connectivity index (χ3v) is 5.90. The smallest absolute Gasteiger partial charge is 0.270 e. The van der Waals surface area contributed by atoms with Crippen LogP contribution >= 0.6 is 22.0 Å². The maximum Gasteiger partial charge on any atom is 0.270 e. The normalized spacial score (nSPS) is 17.8. The van der Waals surface area contributed by atoms with E-state index in [1.807, 2.05) is 0 Å². The molecule has 94 valence electrons. The first kappa shape index (κ1) is 12.9. The second-order valence-corrected chi connectivity index (χ2v) is 8.29. The third-order valence-electron chi connectivity index (χ3n) is 2.86. The number of halogens is 1. The standard InChI is InChI=1S/C10H12ClNO3S2/c1-10(2-3-10)6-12-9(13)7-4-8(16-5-7)17(11,14)15/h4-5H,2-3,6H2,1H3,(H,12,13). The fourth-order valence-corrected chi connectivity index (χ4v) is 3.30. The molecule has 2 rings (SSSR count). The topological polar surface area (TPSA) is 63.2 Å². The Morgan fingerprint density at radius 3 is 2.71 bits per heavy atom. The van der Waals surface area contributed by atoms with E-state index < -0.39 is 9.05 Å². The number of hydrogen-bond acceptors (Lipinski definition) is 4. The van der Waals surface area contributed by atoms with Crippen molar-refractivity contribution < 1.29 is 13.2 Å². The van der Waals surface area contributed by atoms with Crippen LogP contribution in [0.3, 0.4) is 0 Å². The summed E-state index contributed by atoms with van der Waals surface area (Å²) in [7, 11) is 1.45. The number of amides is 1. The lowest BCUT2D eigenvalue weighted by Crippen LogP contribution is -2.28. The summed E-state index contributed by atoms with van der Waals surface area (Å²) in [5.74, 6) is -0.249. The maximum absolute atomic E-state index is 11.7. The molecule has 1 aromatic heterocycles. The first-order valence-corrected chi connectivity index (χ1v) is 8.30. The van der Waals surface area contributed by atoms with Gasteiger partial charge in [-0.15, -0.1) is 11.3 Å². The Kier molecular flexibility index (Phi) is 3.22. The first-order valence-electron chi connectivity index (χ1n) is 5.12. The summed E-state index contributed by atoms with van der Waals surface area (Å²) >= 11 is 0.953. The summed E-state index contributed by atoms with van der Waals surface area (Å²) in [6.07, 6.45) is 2.25. The van der Waals surface area contributed by atoms with E-state index in [1.165, 1.54) is 11.4 Å². The van der Waals surface area contributed by atoms with E-state index in [-0.39, 0.29) is 15.5 Å². The highest BCUT2D eigenvalue weighted by atomic mass is 35.7. The van der Waals surface area contributed by atoms with Crippen molar-refractivity contribution in [3.8, 4) is 0 Å². The van der Waals surface area contributed by atoms with Crippen LogP contribution in [0.2, 0.25) is 0 Å². The highest BCUT2D eigenvalue weighted by Crippen LogP contribution is 2.44. The van der Waals surface area contributed by atoms with Gasteiger partial charge in [-0.2, -0.15) is 0 Å². The summed E-state index contributed by atoms with van der Waals surface area (Å²) < 4.78 is 22.1. The summed E-state index contributed by atoms with van der Waals surface area (Å²) in [5.41, 5.74) is 0.575. The van der Waals surface area contributed by atoms with Gasteiger partial charge >= 0.3 is 0 Å². The highest BCUT2D eigenvalue weighted by molar-refractivity contribution is 8.15. The number of rotatable bonds is 4. The maximum atomic E-state index is 11.7. The fourth-order valence-electron chi connectivity index (χ4n) is 1.35. The van der Waals surface area contributed by atoms with Crippen LogP contribution in [0.4, 0.5) is 0 Å². The van der Waals surface area contributed by atoms with E-state index in [2.05, 4.69) is 12.2 Å². The molecule has 7 heteroatoms. The van der Waals surface area contributed by atoms with Crippen LogP contribution in [-0.2, 0) is 9.05 Å². The summed E-state index contributed by atoms with van der Waals surface area (Å²) in [5, 5.41) is 4.30. The van der Waals surface area contributed by atoms with Crippen molar-refractivity contribution in [3.63, 3.8) is 0 Å². The molecular formula is C10H12ClNO3S2. The van der Waals surface area contributed by atoms with E-state index in [1.54, 1.807) is 0 Å². The average molecular weight is 294 g/mol. The van der Waals surface area contributed by atoms with Gasteiger partial charge in [0.15, 0.2) is 0 Å². The Morgan fingerprint density at radius 2 is 2.24 bits per heavy atom. The van der Waals surface area contributed by atoms with Crippen molar-refractivity contribution in [2.75, 3.05) is 6.54 Å². The van der Waals surface area contributed by atoms with Crippen molar-refractivity contribution in [3.05, 3.63) is 17.0 Å². The largest absolute Gasteiger partial charge is 0.351 e. The van der Waals surface area contributed by atoms with Gasteiger partial charge in [-0.05, 0) is 24.3 Å². The Bertz CT molecular complexity index is 546. The van der Waals surface area contributed by atoms with Gasteiger partial charge in [0.1, 0.15) is 4.21 Å². The third kappa shape index (κ3) is 3.20. The van der Waals surface area contributed by atoms with E-state index in [0.717, 1.165) is 24.2 Å². The monoisotopic (exact) mass is 293 g/mol. The van der Waals surface area contributed by atoms with Crippen molar-refractivity contribution >= 4 is 37.0 Å². The van der Waals surface area contributed by atoms with Gasteiger partial charge in [0.25, 0.3) is 15.0 Å². The van der Waals surface area contributed by atoms with Crippen LogP contribution in [0.25, 0.3) is 0 Å². The molecule has 0 atom stereocenters. The molecule has 1 aliphatic rings. The minimum absolute atomic E-state index is 0.00181. The van der Waals surface area contributed by atoms with Gasteiger partial charge < -0.3 is 5.32 Å². The minimum Gasteiger partial charge on any atom is -0.351 e. The predicted octanol–water partition coefficient (Wildman–Crippen LogP) is 2.21. The number of nitrogens with one attached hydrogen (secondary N) is 1. The average Bonchev–Trinajstić information content (AvgIpc) is 2.79. The molecule has 0 radical (unpaired) electrons. The van der Waals surface area contributed by atoms with Gasteiger partial charge in [-0.1, -0.05) is 6.92 Å². The molecule has 17 heavy (non-hydrogen) atoms. The molecule has 1 saturated carbocycles. The Morgan fingerprint density at radius 1 is 1.59 bits per heavy atom. The zero-order valence-electron chi connectivity index (χ0n) is 9.20. The van der Waals surface area contributed by atoms with Crippen molar-refractivity contribution in [1.82, 2.24) is 5.32 Å². The van der Waals surface area contributed by atoms with Crippen LogP contribution in [0.1, 0.15) is 30.1 Å². The number of thiophene rings is 1. The highest BCUT2D eigenvalue weighted by Gasteiger charge is 2.37. The van der Waals surface area contributed by atoms with Crippen LogP contribution in [0.5, 0.6) is 0 Å². The van der Waals surface area contributed by atoms with E-state index >= 15 is 0 Å². The van der Waals surface area contributed by atoms with Crippen molar-refractivity contribution in [2.24, 2.45) is 5.41 Å². The number of carbonyl (C=O) groups is 1. The Hall–Kier alpha value is -0.590. The molecule has 1 fully saturated rings. The summed E-state index contributed by atoms with van der Waals surface area (Å²) in [6, 6.07) is 1.30. The van der Waals surface area contributed by atoms with Crippen molar-refractivity contribution in [1.29, 1.82) is 0 Å². The molecule has 0 spiro atoms. The van der Waals surface area contributed by atoms with Crippen LogP contribution in [-0.4, -0.2) is 20.9 Å². The second-order valence-electron chi connectivity index (χ2n) is 4.59. The molecule has 1 amide bonds. The first-order chi connectivity index (χ1) is 7.80. The lowest BCUT2D eigenvalue weighted by molar-refractivity contribution is 0.0946. The SMILES string of the molecule is CC1(CNC(=O)c2csc(S(=O)(=O)Cl)c2)CC1. The van der Waals surface area contributed by atoms with Gasteiger partial charge in [0.05, 0.1) is 5.56 Å². The molecular weight excluding hydrogens is 282 g/mol. The van der Waals surface area contributed by atoms with E-state index in [4.69, 9.17) is 10.7 Å². The summed E-state index contributed by atoms with van der Waals surface area (Å²) in [4.78, 5) is 11.7. The lowest BCUT2D eigenvalue weighted by atomic mass is 10.1. The minimum atomic E-state index is -3.74. The van der Waals surface area contributed by atoms with Gasteiger partial charge in [0, 0.05) is 22.6 Å². The lowest BCUT2D eigenvalue weighted by Gasteiger charge is -2.08. The molecule has 0 unspecified atom stereocenters. The Balaban J connectivity index is 2.02. The molecule has 1 N–H and O–H groups in total. The van der Waals surface area contributed by atoms with Crippen molar-refractivity contribution in [2.45, 2.75) is 24.0 Å². The van der Waals surface area contributed by atoms with Gasteiger partial charge in [-0.3, -0.25) is 4.79 Å². The quantitative estimate of drug-likeness (QED) is 0.866. The Labute approximate surface area is 108 Å². The fraction of sp³-hybridized carbons (Fsp3) is 0.500. The van der Waals surface area contributed by atoms with Crippen LogP contribution < -0.4 is 5.32 Å². The van der Waals surface area contributed by atoms with Gasteiger partial charge in [0.2, 0.25) is 0 Å². The summed E-state index contributed by atoms with van der Waals surface area (Å²) in [6.45, 7) is 2.74. The molecule has 1 aliphatic carbocycles. The number of hydrogen-bond donors (Lipinski definition) is 1. The zero-order valence-corrected chi connectivity index (χ0v) is 11.6. The molecule has 1 aromatic rings. The van der Waals surface area contributed by atoms with Gasteiger partial charge in [-0.25, -0.2) is 8.42 Å². The predicted molar refractivity (Wildman–Crippen MR) is 67.0 cm³/mol. The second kappa shape index (κ2) is 4.26. The number of carbonyl (C=O) groups excluding carboxylic acids is 1. The zero-order chi connectivity index (χ0) is 12.7. The molecule has 0 bridgehead atoms. The van der Waals surface area contributed by atoms with Crippen LogP contribution in [0, 0.1) is 5.41 Å². The molecule has 0 aliphatic heterocycles. The molecule has 0 saturated heterocycles. The molecule has 0 aromatic carbocycles.